The van der Waals surface area contributed by atoms with Crippen molar-refractivity contribution in [3.8, 4) is 0 Å². The van der Waals surface area contributed by atoms with Crippen molar-refractivity contribution in [3.63, 3.8) is 0 Å². The summed E-state index contributed by atoms with van der Waals surface area (Å²) in [6.45, 7) is 6.59. The van der Waals surface area contributed by atoms with Crippen LogP contribution in [0.2, 0.25) is 5.02 Å². The van der Waals surface area contributed by atoms with Crippen LogP contribution in [0.25, 0.3) is 0 Å². The predicted octanol–water partition coefficient (Wildman–Crippen LogP) is 2.69. The smallest absolute Gasteiger partial charge is 0.236 e. The van der Waals surface area contributed by atoms with Gasteiger partial charge in [0.15, 0.2) is 0 Å². The van der Waals surface area contributed by atoms with Crippen molar-refractivity contribution in [2.75, 3.05) is 19.6 Å². The fraction of sp³-hybridized carbons (Fsp3) is 0.500. The van der Waals surface area contributed by atoms with Crippen molar-refractivity contribution < 1.29 is 4.79 Å². The molecule has 4 heteroatoms. The van der Waals surface area contributed by atoms with E-state index in [2.05, 4.69) is 12.2 Å². The summed E-state index contributed by atoms with van der Waals surface area (Å²) in [7, 11) is 0. The van der Waals surface area contributed by atoms with Gasteiger partial charge in [0.05, 0.1) is 6.54 Å². The third-order valence-corrected chi connectivity index (χ3v) is 3.13. The first kappa shape index (κ1) is 15.0. The molecule has 0 fully saturated rings. The minimum Gasteiger partial charge on any atom is -0.337 e. The molecule has 0 aliphatic carbocycles. The van der Waals surface area contributed by atoms with Crippen LogP contribution in [0, 0.1) is 0 Å². The Kier molecular flexibility index (Phi) is 6.76. The molecule has 0 saturated heterocycles. The van der Waals surface area contributed by atoms with Gasteiger partial charge in [-0.15, -0.1) is 0 Å². The van der Waals surface area contributed by atoms with Gasteiger partial charge in [0, 0.05) is 18.1 Å². The summed E-state index contributed by atoms with van der Waals surface area (Å²) in [5.74, 6) is 0.117. The molecule has 1 aromatic rings. The van der Waals surface area contributed by atoms with Gasteiger partial charge in [-0.1, -0.05) is 36.7 Å². The Morgan fingerprint density at radius 3 is 2.67 bits per heavy atom. The summed E-state index contributed by atoms with van der Waals surface area (Å²) in [6, 6.07) is 7.64. The number of hydrogen-bond donors (Lipinski definition) is 1. The molecule has 3 nitrogen and oxygen atoms in total. The first-order valence-corrected chi connectivity index (χ1v) is 6.78. The molecule has 1 amide bonds. The van der Waals surface area contributed by atoms with Crippen LogP contribution in [0.1, 0.15) is 25.8 Å². The number of halogens is 1. The van der Waals surface area contributed by atoms with Gasteiger partial charge in [0.1, 0.15) is 0 Å². The van der Waals surface area contributed by atoms with Crippen molar-refractivity contribution in [2.45, 2.75) is 26.8 Å². The number of carbonyl (C=O) groups excluding carboxylic acids is 1. The number of carbonyl (C=O) groups is 1. The third-order valence-electron chi connectivity index (χ3n) is 2.76. The second-order valence-electron chi connectivity index (χ2n) is 4.18. The van der Waals surface area contributed by atoms with E-state index in [1.54, 1.807) is 0 Å². The van der Waals surface area contributed by atoms with Gasteiger partial charge in [-0.05, 0) is 31.5 Å². The van der Waals surface area contributed by atoms with Gasteiger partial charge in [-0.3, -0.25) is 4.79 Å². The van der Waals surface area contributed by atoms with E-state index in [0.29, 0.717) is 24.7 Å². The molecule has 1 rings (SSSR count). The van der Waals surface area contributed by atoms with Crippen molar-refractivity contribution in [1.29, 1.82) is 0 Å². The molecule has 0 atom stereocenters. The standard InChI is InChI=1S/C14H21ClN2O/c1-3-9-16-10-14(18)17(4-2)11-12-7-5-6-8-13(12)15/h5-8,16H,3-4,9-11H2,1-2H3. The van der Waals surface area contributed by atoms with E-state index in [1.165, 1.54) is 0 Å². The normalized spacial score (nSPS) is 10.4. The van der Waals surface area contributed by atoms with Crippen LogP contribution in [0.15, 0.2) is 24.3 Å². The van der Waals surface area contributed by atoms with E-state index in [-0.39, 0.29) is 5.91 Å². The SMILES string of the molecule is CCCNCC(=O)N(CC)Cc1ccccc1Cl. The molecule has 0 spiro atoms. The Bertz CT molecular complexity index is 382. The quantitative estimate of drug-likeness (QED) is 0.771. The van der Waals surface area contributed by atoms with Crippen molar-refractivity contribution >= 4 is 17.5 Å². The summed E-state index contributed by atoms with van der Waals surface area (Å²) in [5, 5.41) is 3.84. The van der Waals surface area contributed by atoms with Gasteiger partial charge in [0.2, 0.25) is 5.91 Å². The fourth-order valence-electron chi connectivity index (χ4n) is 1.69. The highest BCUT2D eigenvalue weighted by atomic mass is 35.5. The lowest BCUT2D eigenvalue weighted by Gasteiger charge is -2.21. The van der Waals surface area contributed by atoms with Crippen molar-refractivity contribution in [2.24, 2.45) is 0 Å². The Labute approximate surface area is 114 Å². The molecule has 1 aromatic carbocycles. The van der Waals surface area contributed by atoms with Crippen LogP contribution in [0.3, 0.4) is 0 Å². The average molecular weight is 269 g/mol. The maximum Gasteiger partial charge on any atom is 0.236 e. The minimum absolute atomic E-state index is 0.117. The summed E-state index contributed by atoms with van der Waals surface area (Å²) >= 11 is 6.10. The van der Waals surface area contributed by atoms with Crippen LogP contribution in [0.5, 0.6) is 0 Å². The lowest BCUT2D eigenvalue weighted by Crippen LogP contribution is -2.37. The zero-order valence-electron chi connectivity index (χ0n) is 11.1. The number of nitrogens with zero attached hydrogens (tertiary/aromatic N) is 1. The molecule has 0 heterocycles. The van der Waals surface area contributed by atoms with E-state index in [4.69, 9.17) is 11.6 Å². The zero-order valence-corrected chi connectivity index (χ0v) is 11.8. The Morgan fingerprint density at radius 2 is 2.06 bits per heavy atom. The molecule has 0 radical (unpaired) electrons. The molecule has 100 valence electrons. The highest BCUT2D eigenvalue weighted by molar-refractivity contribution is 6.31. The van der Waals surface area contributed by atoms with Crippen molar-refractivity contribution in [1.82, 2.24) is 10.2 Å². The van der Waals surface area contributed by atoms with Crippen LogP contribution in [0.4, 0.5) is 0 Å². The second-order valence-corrected chi connectivity index (χ2v) is 4.58. The lowest BCUT2D eigenvalue weighted by atomic mass is 10.2. The fourth-order valence-corrected chi connectivity index (χ4v) is 1.89. The summed E-state index contributed by atoms with van der Waals surface area (Å²) < 4.78 is 0. The molecule has 18 heavy (non-hydrogen) atoms. The second kappa shape index (κ2) is 8.11. The Balaban J connectivity index is 2.56. The molecule has 0 unspecified atom stereocenters. The molecular formula is C14H21ClN2O. The maximum atomic E-state index is 12.0. The number of likely N-dealkylation sites (N-methyl/N-ethyl adjacent to an activating group) is 1. The monoisotopic (exact) mass is 268 g/mol. The van der Waals surface area contributed by atoms with Gasteiger partial charge in [0.25, 0.3) is 0 Å². The van der Waals surface area contributed by atoms with E-state index < -0.39 is 0 Å². The van der Waals surface area contributed by atoms with E-state index >= 15 is 0 Å². The number of nitrogens with one attached hydrogen (secondary N) is 1. The third kappa shape index (κ3) is 4.67. The van der Waals surface area contributed by atoms with Crippen LogP contribution >= 0.6 is 11.6 Å². The van der Waals surface area contributed by atoms with E-state index in [9.17, 15) is 4.79 Å². The highest BCUT2D eigenvalue weighted by Gasteiger charge is 2.12. The highest BCUT2D eigenvalue weighted by Crippen LogP contribution is 2.16. The largest absolute Gasteiger partial charge is 0.337 e. The summed E-state index contributed by atoms with van der Waals surface area (Å²) in [6.07, 6.45) is 1.03. The van der Waals surface area contributed by atoms with E-state index in [1.807, 2.05) is 36.1 Å². The molecular weight excluding hydrogens is 248 g/mol. The van der Waals surface area contributed by atoms with E-state index in [0.717, 1.165) is 18.5 Å². The van der Waals surface area contributed by atoms with Gasteiger partial charge >= 0.3 is 0 Å². The van der Waals surface area contributed by atoms with Crippen LogP contribution in [-0.4, -0.2) is 30.4 Å². The van der Waals surface area contributed by atoms with Crippen molar-refractivity contribution in [3.05, 3.63) is 34.9 Å². The first-order valence-electron chi connectivity index (χ1n) is 6.40. The molecule has 0 saturated carbocycles. The number of amides is 1. The number of hydrogen-bond acceptors (Lipinski definition) is 2. The lowest BCUT2D eigenvalue weighted by molar-refractivity contribution is -0.130. The number of rotatable bonds is 7. The summed E-state index contributed by atoms with van der Waals surface area (Å²) in [4.78, 5) is 13.8. The number of benzene rings is 1. The summed E-state index contributed by atoms with van der Waals surface area (Å²) in [5.41, 5.74) is 0.991. The van der Waals surface area contributed by atoms with Gasteiger partial charge < -0.3 is 10.2 Å². The Morgan fingerprint density at radius 1 is 1.33 bits per heavy atom. The maximum absolute atomic E-state index is 12.0. The molecule has 0 bridgehead atoms. The zero-order chi connectivity index (χ0) is 13.4. The molecule has 0 aliphatic rings. The van der Waals surface area contributed by atoms with Gasteiger partial charge in [-0.25, -0.2) is 0 Å². The molecule has 0 aromatic heterocycles. The first-order chi connectivity index (χ1) is 8.69. The van der Waals surface area contributed by atoms with Crippen LogP contribution < -0.4 is 5.32 Å². The average Bonchev–Trinajstić information content (AvgIpc) is 2.38. The topological polar surface area (TPSA) is 32.3 Å². The van der Waals surface area contributed by atoms with Gasteiger partial charge in [-0.2, -0.15) is 0 Å². The Hall–Kier alpha value is -1.06. The minimum atomic E-state index is 0.117. The molecule has 0 aliphatic heterocycles. The predicted molar refractivity (Wildman–Crippen MR) is 75.7 cm³/mol. The molecule has 1 N–H and O–H groups in total. The van der Waals surface area contributed by atoms with Crippen LogP contribution in [-0.2, 0) is 11.3 Å².